The van der Waals surface area contributed by atoms with Gasteiger partial charge in [0.2, 0.25) is 0 Å². The van der Waals surface area contributed by atoms with Gasteiger partial charge in [-0.1, -0.05) is 36.4 Å². The molecule has 7 rings (SSSR count). The number of carboxylic acids is 1. The number of hydrogen-bond acceptors (Lipinski definition) is 14. The van der Waals surface area contributed by atoms with E-state index >= 15 is 0 Å². The van der Waals surface area contributed by atoms with Gasteiger partial charge in [-0.05, 0) is 60.6 Å². The van der Waals surface area contributed by atoms with Crippen molar-refractivity contribution in [3.8, 4) is 23.0 Å². The number of nitrogens with zero attached hydrogens (tertiary/aromatic N) is 4. The summed E-state index contributed by atoms with van der Waals surface area (Å²) in [7, 11) is 3.09. The van der Waals surface area contributed by atoms with Gasteiger partial charge in [-0.15, -0.1) is 0 Å². The normalized spacial score (nSPS) is 17.3. The predicted molar refractivity (Wildman–Crippen MR) is 245 cm³/mol. The Hall–Kier alpha value is -6.11. The van der Waals surface area contributed by atoms with Gasteiger partial charge in [0.25, 0.3) is 11.8 Å². The highest BCUT2D eigenvalue weighted by molar-refractivity contribution is 6.04. The molecule has 17 heteroatoms. The van der Waals surface area contributed by atoms with Crippen molar-refractivity contribution in [1.29, 1.82) is 0 Å². The lowest BCUT2D eigenvalue weighted by molar-refractivity contribution is -0.142. The number of aliphatic carboxylic acids is 1. The molecule has 2 fully saturated rings. The molecule has 1 N–H and O–H groups in total. The lowest BCUT2D eigenvalue weighted by Crippen LogP contribution is -2.35. The molecule has 17 nitrogen and oxygen atoms in total. The van der Waals surface area contributed by atoms with Gasteiger partial charge >= 0.3 is 5.97 Å². The molecular weight excluding hydrogens is 853 g/mol. The first-order valence-electron chi connectivity index (χ1n) is 22.1. The number of aliphatic imine (C=N–C) groups is 2. The van der Waals surface area contributed by atoms with Crippen molar-refractivity contribution in [2.75, 3.05) is 93.4 Å². The van der Waals surface area contributed by atoms with E-state index in [0.29, 0.717) is 124 Å². The number of methoxy groups -OCH3 is 2. The molecule has 2 unspecified atom stereocenters. The predicted octanol–water partition coefficient (Wildman–Crippen LogP) is 5.94. The number of carboxylic acid groups (broad SMARTS) is 1. The Morgan fingerprint density at radius 1 is 0.606 bits per heavy atom. The second-order valence-electron chi connectivity index (χ2n) is 16.2. The largest absolute Gasteiger partial charge is 0.493 e. The van der Waals surface area contributed by atoms with E-state index in [4.69, 9.17) is 47.7 Å². The smallest absolute Gasteiger partial charge is 0.329 e. The van der Waals surface area contributed by atoms with Crippen LogP contribution in [-0.2, 0) is 48.1 Å². The second-order valence-corrected chi connectivity index (χ2v) is 16.2. The number of benzene rings is 3. The average molecular weight is 911 g/mol. The van der Waals surface area contributed by atoms with Crippen LogP contribution in [0, 0.1) is 0 Å². The molecule has 0 bridgehead atoms. The van der Waals surface area contributed by atoms with E-state index in [0.717, 1.165) is 40.7 Å². The molecule has 0 saturated carbocycles. The number of amides is 2. The average Bonchev–Trinajstić information content (AvgIpc) is 3.82. The summed E-state index contributed by atoms with van der Waals surface area (Å²) >= 11 is 0. The van der Waals surface area contributed by atoms with Gasteiger partial charge in [-0.2, -0.15) is 0 Å². The quantitative estimate of drug-likeness (QED) is 0.0739. The third-order valence-electron chi connectivity index (χ3n) is 11.3. The molecule has 3 aromatic carbocycles. The zero-order valence-electron chi connectivity index (χ0n) is 37.6. The number of ether oxygens (including phenoxy) is 9. The van der Waals surface area contributed by atoms with E-state index in [-0.39, 0.29) is 50.3 Å². The van der Waals surface area contributed by atoms with Crippen molar-refractivity contribution < 1.29 is 62.1 Å². The number of carbonyl (C=O) groups is 3. The van der Waals surface area contributed by atoms with E-state index < -0.39 is 5.97 Å². The second kappa shape index (κ2) is 23.4. The Labute approximate surface area is 384 Å². The number of fused-ring (bicyclic) bond motifs is 4. The van der Waals surface area contributed by atoms with Crippen LogP contribution in [0.5, 0.6) is 23.0 Å². The van der Waals surface area contributed by atoms with Crippen LogP contribution >= 0.6 is 0 Å². The molecule has 66 heavy (non-hydrogen) atoms. The van der Waals surface area contributed by atoms with Crippen LogP contribution < -0.4 is 18.9 Å². The monoisotopic (exact) mass is 910 g/mol. The van der Waals surface area contributed by atoms with E-state index in [1.165, 1.54) is 0 Å². The molecule has 3 aromatic rings. The molecular formula is C49H58N4O13. The Balaban J connectivity index is 0.961. The van der Waals surface area contributed by atoms with Crippen LogP contribution in [0.2, 0.25) is 0 Å². The van der Waals surface area contributed by atoms with Crippen molar-refractivity contribution in [3.63, 3.8) is 0 Å². The third kappa shape index (κ3) is 12.6. The van der Waals surface area contributed by atoms with Gasteiger partial charge in [0.1, 0.15) is 19.8 Å². The zero-order valence-corrected chi connectivity index (χ0v) is 37.6. The summed E-state index contributed by atoms with van der Waals surface area (Å²) in [6.07, 6.45) is 6.44. The molecule has 2 amide bonds. The highest BCUT2D eigenvalue weighted by atomic mass is 16.6. The van der Waals surface area contributed by atoms with Crippen LogP contribution in [0.15, 0.2) is 76.8 Å². The van der Waals surface area contributed by atoms with Crippen LogP contribution in [0.25, 0.3) is 0 Å². The van der Waals surface area contributed by atoms with Crippen molar-refractivity contribution in [2.45, 2.75) is 51.0 Å². The van der Waals surface area contributed by atoms with Gasteiger partial charge in [-0.3, -0.25) is 19.6 Å². The minimum Gasteiger partial charge on any atom is -0.493 e. The molecule has 2 saturated heterocycles. The molecule has 0 radical (unpaired) electrons. The first kappa shape index (κ1) is 47.8. The fourth-order valence-corrected chi connectivity index (χ4v) is 8.10. The number of aryl methyl sites for hydroxylation is 1. The van der Waals surface area contributed by atoms with Crippen molar-refractivity contribution >= 4 is 41.6 Å². The van der Waals surface area contributed by atoms with Crippen LogP contribution in [0.4, 0.5) is 11.4 Å². The standard InChI is InChI=1S/C49H58N4O13/c1-32-16-37-25-50-41-23-45(43(58-3)21-39(41)48(56)52(37)27-32)65-29-35-18-34(6-5-7-60-8-9-61-10-11-62-12-13-63-14-15-64-31-47(54)55)19-36(20-35)30-66-46-24-42-40(22-44(46)59-4)49(57)53-28-33(2)17-38(53)26-51-42/h18-26,37-38H,1-2,5-17,27-31H2,3-4H3,(H,54,55). The molecule has 2 atom stereocenters. The molecule has 4 heterocycles. The van der Waals surface area contributed by atoms with E-state index in [1.54, 1.807) is 60.7 Å². The number of carbonyl (C=O) groups excluding carboxylic acids is 2. The summed E-state index contributed by atoms with van der Waals surface area (Å²) < 4.78 is 51.5. The molecule has 0 aliphatic carbocycles. The maximum Gasteiger partial charge on any atom is 0.329 e. The van der Waals surface area contributed by atoms with E-state index in [9.17, 15) is 14.4 Å². The van der Waals surface area contributed by atoms with Crippen LogP contribution in [-0.4, -0.2) is 151 Å². The summed E-state index contributed by atoms with van der Waals surface area (Å²) in [5.41, 5.74) is 6.76. The molecule has 352 valence electrons. The number of hydrogen-bond donors (Lipinski definition) is 1. The summed E-state index contributed by atoms with van der Waals surface area (Å²) in [5, 5.41) is 8.56. The maximum atomic E-state index is 13.5. The lowest BCUT2D eigenvalue weighted by atomic mass is 10.0. The zero-order chi connectivity index (χ0) is 46.4. The first-order chi connectivity index (χ1) is 32.1. The maximum absolute atomic E-state index is 13.5. The van der Waals surface area contributed by atoms with E-state index in [1.807, 2.05) is 6.07 Å². The van der Waals surface area contributed by atoms with Gasteiger partial charge < -0.3 is 57.5 Å². The minimum atomic E-state index is -1.01. The fourth-order valence-electron chi connectivity index (χ4n) is 8.10. The molecule has 0 aromatic heterocycles. The minimum absolute atomic E-state index is 0.120. The van der Waals surface area contributed by atoms with Gasteiger partial charge in [-0.25, -0.2) is 4.79 Å². The molecule has 4 aliphatic heterocycles. The Morgan fingerprint density at radius 2 is 1.03 bits per heavy atom. The third-order valence-corrected chi connectivity index (χ3v) is 11.3. The fraction of sp³-hybridized carbons (Fsp3) is 0.449. The van der Waals surface area contributed by atoms with Crippen molar-refractivity contribution in [3.05, 3.63) is 94.6 Å². The lowest BCUT2D eigenvalue weighted by Gasteiger charge is -2.20. The van der Waals surface area contributed by atoms with Crippen molar-refractivity contribution in [2.24, 2.45) is 9.98 Å². The summed E-state index contributed by atoms with van der Waals surface area (Å²) in [5.74, 6) is 0.510. The summed E-state index contributed by atoms with van der Waals surface area (Å²) in [4.78, 5) is 50.5. The highest BCUT2D eigenvalue weighted by Crippen LogP contribution is 2.40. The van der Waals surface area contributed by atoms with E-state index in [2.05, 4.69) is 35.3 Å². The van der Waals surface area contributed by atoms with Gasteiger partial charge in [0, 0.05) is 44.3 Å². The number of rotatable bonds is 26. The topological polar surface area (TPSA) is 186 Å². The Morgan fingerprint density at radius 3 is 1.47 bits per heavy atom. The first-order valence-corrected chi connectivity index (χ1v) is 22.1. The van der Waals surface area contributed by atoms with Gasteiger partial charge in [0.15, 0.2) is 23.0 Å². The van der Waals surface area contributed by atoms with Crippen LogP contribution in [0.1, 0.15) is 56.7 Å². The Kier molecular flexibility index (Phi) is 16.9. The van der Waals surface area contributed by atoms with Crippen LogP contribution in [0.3, 0.4) is 0 Å². The van der Waals surface area contributed by atoms with Gasteiger partial charge in [0.05, 0.1) is 102 Å². The van der Waals surface area contributed by atoms with Crippen molar-refractivity contribution in [1.82, 2.24) is 9.80 Å². The molecule has 0 spiro atoms. The Bertz CT molecular complexity index is 2180. The highest BCUT2D eigenvalue weighted by Gasteiger charge is 2.35. The SMILES string of the molecule is C=C1CC2C=Nc3cc(OCc4cc(CCCOCCOCCOCCOCCOCC(=O)O)cc(COc5cc6c(cc5OC)C(=O)N5CC(=C)CC5C=N6)c4)c(OC)cc3C(=O)N2C1. The summed E-state index contributed by atoms with van der Waals surface area (Å²) in [6.45, 7) is 12.7. The summed E-state index contributed by atoms with van der Waals surface area (Å²) in [6, 6.07) is 12.8. The molecule has 4 aliphatic rings.